The molecule has 0 amide bonds. The first kappa shape index (κ1) is 21.5. The van der Waals surface area contributed by atoms with Crippen molar-refractivity contribution in [1.29, 1.82) is 0 Å². The molecule has 3 aromatic carbocycles. The minimum Gasteiger partial charge on any atom is -0.491 e. The number of ether oxygens (including phenoxy) is 6. The highest BCUT2D eigenvalue weighted by Gasteiger charge is 2.45. The molecule has 0 saturated carbocycles. The lowest BCUT2D eigenvalue weighted by Crippen LogP contribution is -2.36. The third-order valence-corrected chi connectivity index (χ3v) is 6.39. The summed E-state index contributed by atoms with van der Waals surface area (Å²) in [5.74, 6) is 1.24. The van der Waals surface area contributed by atoms with Gasteiger partial charge in [0.15, 0.2) is 23.0 Å². The molecule has 6 rings (SSSR count). The molecule has 1 N–H and O–H groups in total. The highest BCUT2D eigenvalue weighted by molar-refractivity contribution is 5.75. The Bertz CT molecular complexity index is 1300. The molecule has 0 aliphatic carbocycles. The van der Waals surface area contributed by atoms with Gasteiger partial charge in [-0.05, 0) is 67.4 Å². The molecule has 0 fully saturated rings. The topological polar surface area (TPSA) is 92.7 Å². The van der Waals surface area contributed by atoms with Gasteiger partial charge in [-0.2, -0.15) is 0 Å². The average Bonchev–Trinajstić information content (AvgIpc) is 3.50. The fourth-order valence-corrected chi connectivity index (χ4v) is 4.93. The maximum Gasteiger partial charge on any atom is 0.311 e. The molecular formula is C27H24O8. The van der Waals surface area contributed by atoms with Crippen LogP contribution in [0.25, 0.3) is 0 Å². The minimum absolute atomic E-state index is 0.0294. The van der Waals surface area contributed by atoms with E-state index < -0.39 is 23.9 Å². The summed E-state index contributed by atoms with van der Waals surface area (Å²) in [6, 6.07) is 16.5. The smallest absolute Gasteiger partial charge is 0.311 e. The van der Waals surface area contributed by atoms with Gasteiger partial charge in [-0.15, -0.1) is 0 Å². The first-order valence-corrected chi connectivity index (χ1v) is 11.5. The van der Waals surface area contributed by atoms with Crippen LogP contribution in [0.15, 0.2) is 54.6 Å². The van der Waals surface area contributed by atoms with Crippen LogP contribution >= 0.6 is 0 Å². The second-order valence-corrected chi connectivity index (χ2v) is 8.97. The summed E-state index contributed by atoms with van der Waals surface area (Å²) in [5.41, 5.74) is 2.23. The molecule has 3 heterocycles. The zero-order valence-corrected chi connectivity index (χ0v) is 19.2. The Balaban J connectivity index is 1.51. The number of carboxylic acid groups (broad SMARTS) is 1. The van der Waals surface area contributed by atoms with Crippen LogP contribution in [0, 0.1) is 5.92 Å². The highest BCUT2D eigenvalue weighted by Crippen LogP contribution is 2.52. The zero-order valence-electron chi connectivity index (χ0n) is 19.2. The maximum atomic E-state index is 12.8. The maximum absolute atomic E-state index is 12.8. The van der Waals surface area contributed by atoms with Crippen molar-refractivity contribution in [1.82, 2.24) is 0 Å². The standard InChI is InChI=1S/C27H24O8/c1-14(2)34-17-5-8-19-18(11-17)24(15-3-6-20-22(9-15)32-12-30-20)25(27(28)29)26(35-19)16-4-7-21-23(10-16)33-13-31-21/h3-11,14,24-26H,12-13H2,1-2H3,(H,28,29). The van der Waals surface area contributed by atoms with Gasteiger partial charge in [0.1, 0.15) is 23.5 Å². The van der Waals surface area contributed by atoms with Crippen LogP contribution < -0.4 is 28.4 Å². The van der Waals surface area contributed by atoms with Gasteiger partial charge in [0.25, 0.3) is 0 Å². The molecule has 0 radical (unpaired) electrons. The number of fused-ring (bicyclic) bond motifs is 3. The summed E-state index contributed by atoms with van der Waals surface area (Å²) < 4.78 is 34.3. The number of benzene rings is 3. The van der Waals surface area contributed by atoms with Crippen LogP contribution in [0.4, 0.5) is 0 Å². The molecule has 0 aromatic heterocycles. The van der Waals surface area contributed by atoms with Crippen molar-refractivity contribution in [3.63, 3.8) is 0 Å². The van der Waals surface area contributed by atoms with Gasteiger partial charge >= 0.3 is 5.97 Å². The van der Waals surface area contributed by atoms with Crippen LogP contribution in [-0.4, -0.2) is 30.8 Å². The van der Waals surface area contributed by atoms with Crippen molar-refractivity contribution in [2.45, 2.75) is 32.0 Å². The van der Waals surface area contributed by atoms with Crippen LogP contribution in [0.1, 0.15) is 42.6 Å². The lowest BCUT2D eigenvalue weighted by Gasteiger charge is -2.38. The van der Waals surface area contributed by atoms with Crippen LogP contribution in [0.5, 0.6) is 34.5 Å². The Kier molecular flexibility index (Phi) is 5.09. The minimum atomic E-state index is -0.976. The van der Waals surface area contributed by atoms with Crippen LogP contribution in [0.3, 0.4) is 0 Å². The summed E-state index contributed by atoms with van der Waals surface area (Å²) in [4.78, 5) is 12.8. The zero-order chi connectivity index (χ0) is 24.1. The van der Waals surface area contributed by atoms with Gasteiger partial charge in [-0.3, -0.25) is 4.79 Å². The first-order chi connectivity index (χ1) is 17.0. The monoisotopic (exact) mass is 476 g/mol. The molecule has 0 bridgehead atoms. The Labute approximate surface area is 201 Å². The summed E-state index contributed by atoms with van der Waals surface area (Å²) >= 11 is 0. The number of hydrogen-bond acceptors (Lipinski definition) is 7. The van der Waals surface area contributed by atoms with E-state index in [4.69, 9.17) is 28.4 Å². The van der Waals surface area contributed by atoms with E-state index in [9.17, 15) is 9.90 Å². The molecule has 3 unspecified atom stereocenters. The Morgan fingerprint density at radius 2 is 1.43 bits per heavy atom. The molecule has 3 aromatic rings. The largest absolute Gasteiger partial charge is 0.491 e. The Morgan fingerprint density at radius 3 is 2.09 bits per heavy atom. The second-order valence-electron chi connectivity index (χ2n) is 8.97. The number of carbonyl (C=O) groups is 1. The van der Waals surface area contributed by atoms with Gasteiger partial charge < -0.3 is 33.5 Å². The van der Waals surface area contributed by atoms with Gasteiger partial charge in [0.2, 0.25) is 13.6 Å². The van der Waals surface area contributed by atoms with Gasteiger partial charge in [0, 0.05) is 11.5 Å². The van der Waals surface area contributed by atoms with Crippen molar-refractivity contribution < 1.29 is 38.3 Å². The number of aliphatic carboxylic acids is 1. The van der Waals surface area contributed by atoms with Crippen molar-refractivity contribution in [3.05, 3.63) is 71.3 Å². The van der Waals surface area contributed by atoms with E-state index >= 15 is 0 Å². The summed E-state index contributed by atoms with van der Waals surface area (Å²) in [6.45, 7) is 4.16. The molecule has 3 aliphatic heterocycles. The van der Waals surface area contributed by atoms with Crippen molar-refractivity contribution >= 4 is 5.97 Å². The van der Waals surface area contributed by atoms with Gasteiger partial charge in [-0.1, -0.05) is 12.1 Å². The second kappa shape index (κ2) is 8.30. The van der Waals surface area contributed by atoms with E-state index in [1.54, 1.807) is 12.1 Å². The molecule has 8 heteroatoms. The van der Waals surface area contributed by atoms with E-state index in [-0.39, 0.29) is 19.7 Å². The third kappa shape index (κ3) is 3.75. The quantitative estimate of drug-likeness (QED) is 0.556. The van der Waals surface area contributed by atoms with Crippen molar-refractivity contribution in [2.24, 2.45) is 5.92 Å². The molecule has 0 spiro atoms. The predicted octanol–water partition coefficient (Wildman–Crippen LogP) is 4.90. The fourth-order valence-electron chi connectivity index (χ4n) is 4.93. The predicted molar refractivity (Wildman–Crippen MR) is 124 cm³/mol. The molecule has 35 heavy (non-hydrogen) atoms. The molecule has 3 atom stereocenters. The highest BCUT2D eigenvalue weighted by atomic mass is 16.7. The van der Waals surface area contributed by atoms with E-state index in [1.807, 2.05) is 56.3 Å². The van der Waals surface area contributed by atoms with Gasteiger partial charge in [-0.25, -0.2) is 0 Å². The SMILES string of the molecule is CC(C)Oc1ccc2c(c1)C(c1ccc3c(c1)OCO3)C(C(=O)O)C(c1ccc3c(c1)OCO3)O2. The van der Waals surface area contributed by atoms with E-state index in [0.717, 1.165) is 11.1 Å². The number of hydrogen-bond donors (Lipinski definition) is 1. The summed E-state index contributed by atoms with van der Waals surface area (Å²) in [7, 11) is 0. The normalized spacial score (nSPS) is 21.4. The van der Waals surface area contributed by atoms with E-state index in [0.29, 0.717) is 40.1 Å². The van der Waals surface area contributed by atoms with Crippen LogP contribution in [-0.2, 0) is 4.79 Å². The lowest BCUT2D eigenvalue weighted by molar-refractivity contribution is -0.146. The molecule has 8 nitrogen and oxygen atoms in total. The Morgan fingerprint density at radius 1 is 0.829 bits per heavy atom. The summed E-state index contributed by atoms with van der Waals surface area (Å²) in [5, 5.41) is 10.5. The first-order valence-electron chi connectivity index (χ1n) is 11.5. The number of rotatable bonds is 5. The number of carboxylic acids is 1. The van der Waals surface area contributed by atoms with E-state index in [2.05, 4.69) is 0 Å². The lowest BCUT2D eigenvalue weighted by atomic mass is 9.74. The van der Waals surface area contributed by atoms with E-state index in [1.165, 1.54) is 0 Å². The molecule has 180 valence electrons. The molecule has 3 aliphatic rings. The van der Waals surface area contributed by atoms with Crippen LogP contribution in [0.2, 0.25) is 0 Å². The summed E-state index contributed by atoms with van der Waals surface area (Å²) in [6.07, 6.45) is -0.792. The fraction of sp³-hybridized carbons (Fsp3) is 0.296. The van der Waals surface area contributed by atoms with Crippen molar-refractivity contribution in [2.75, 3.05) is 13.6 Å². The third-order valence-electron chi connectivity index (χ3n) is 6.39. The van der Waals surface area contributed by atoms with Crippen molar-refractivity contribution in [3.8, 4) is 34.5 Å². The average molecular weight is 476 g/mol. The van der Waals surface area contributed by atoms with Gasteiger partial charge in [0.05, 0.1) is 6.10 Å². The Hall–Kier alpha value is -4.07. The molecular weight excluding hydrogens is 452 g/mol. The molecule has 0 saturated heterocycles.